The molecule has 2 rings (SSSR count). The van der Waals surface area contributed by atoms with Crippen molar-refractivity contribution in [2.75, 3.05) is 31.7 Å². The summed E-state index contributed by atoms with van der Waals surface area (Å²) < 4.78 is 11.3. The van der Waals surface area contributed by atoms with Gasteiger partial charge in [-0.1, -0.05) is 12.5 Å². The summed E-state index contributed by atoms with van der Waals surface area (Å²) in [6.45, 7) is 0.514. The van der Waals surface area contributed by atoms with Gasteiger partial charge in [0.25, 0.3) is 0 Å². The predicted octanol–water partition coefficient (Wildman–Crippen LogP) is 0.933. The third kappa shape index (κ3) is 7.26. The summed E-state index contributed by atoms with van der Waals surface area (Å²) in [4.78, 5) is 0. The first kappa shape index (κ1) is 23.0. The van der Waals surface area contributed by atoms with Gasteiger partial charge in [0, 0.05) is 24.9 Å². The number of hydrogen-bond acceptors (Lipinski definition) is 7. The second-order valence-corrected chi connectivity index (χ2v) is 6.31. The van der Waals surface area contributed by atoms with Gasteiger partial charge in [0.2, 0.25) is 0 Å². The van der Waals surface area contributed by atoms with E-state index in [0.29, 0.717) is 13.2 Å². The second kappa shape index (κ2) is 12.3. The maximum atomic E-state index is 10.3. The maximum absolute atomic E-state index is 10.3. The molecule has 0 saturated heterocycles. The van der Waals surface area contributed by atoms with Crippen LogP contribution in [0.15, 0.2) is 24.3 Å². The van der Waals surface area contributed by atoms with Crippen molar-refractivity contribution in [2.45, 2.75) is 50.1 Å². The number of aliphatic hydroxyl groups excluding tert-OH is 4. The van der Waals surface area contributed by atoms with Crippen molar-refractivity contribution in [1.82, 2.24) is 0 Å². The lowest BCUT2D eigenvalue weighted by molar-refractivity contribution is -0.140. The molecule has 0 amide bonds. The molecule has 0 fully saturated rings. The summed E-state index contributed by atoms with van der Waals surface area (Å²) in [5.74, 6) is 0.754. The minimum Gasteiger partial charge on any atom is -0.494 e. The predicted molar refractivity (Wildman–Crippen MR) is 101 cm³/mol. The number of rotatable bonds is 2. The Labute approximate surface area is 160 Å². The molecule has 0 aliphatic carbocycles. The number of aliphatic hydroxyl groups is 4. The van der Waals surface area contributed by atoms with Crippen LogP contribution in [-0.4, -0.2) is 71.2 Å². The number of ether oxygens (including phenoxy) is 2. The number of hydrogen-bond donors (Lipinski definition) is 5. The van der Waals surface area contributed by atoms with Crippen molar-refractivity contribution in [3.05, 3.63) is 24.3 Å². The van der Waals surface area contributed by atoms with Crippen molar-refractivity contribution < 1.29 is 29.9 Å². The van der Waals surface area contributed by atoms with E-state index in [4.69, 9.17) is 9.47 Å². The Morgan fingerprint density at radius 3 is 2.58 bits per heavy atom. The summed E-state index contributed by atoms with van der Waals surface area (Å²) in [7, 11) is 0. The van der Waals surface area contributed by atoms with Gasteiger partial charge in [-0.15, -0.1) is 12.4 Å². The fourth-order valence-electron chi connectivity index (χ4n) is 2.77. The standard InChI is InChI=1S/C18H29NO6.ClH/c20-12-16(22)18-17(23)15(21)11-19-13-6-5-7-14(10-13)24-8-3-1-2-4-9-25-18;/h5-7,10,15-23H,1-4,8-9,11-12H2;1H/t15-,16-,17-,18?;/m1./s1. The smallest absolute Gasteiger partial charge is 0.121 e. The fraction of sp³-hybridized carbons (Fsp3) is 0.667. The van der Waals surface area contributed by atoms with Crippen molar-refractivity contribution in [1.29, 1.82) is 0 Å². The van der Waals surface area contributed by atoms with Crippen LogP contribution in [0.25, 0.3) is 0 Å². The van der Waals surface area contributed by atoms with E-state index in [2.05, 4.69) is 5.32 Å². The zero-order valence-corrected chi connectivity index (χ0v) is 15.6. The third-order valence-electron chi connectivity index (χ3n) is 4.26. The normalized spacial score (nSPS) is 26.7. The van der Waals surface area contributed by atoms with E-state index in [9.17, 15) is 20.4 Å². The summed E-state index contributed by atoms with van der Waals surface area (Å²) in [6.07, 6.45) is -1.15. The van der Waals surface area contributed by atoms with Gasteiger partial charge in [-0.2, -0.15) is 0 Å². The van der Waals surface area contributed by atoms with Crippen LogP contribution in [0.5, 0.6) is 5.75 Å². The first-order chi connectivity index (χ1) is 12.1. The molecule has 1 aromatic carbocycles. The van der Waals surface area contributed by atoms with Gasteiger partial charge in [-0.25, -0.2) is 0 Å². The molecule has 0 spiro atoms. The molecule has 5 N–H and O–H groups in total. The number of β-amino-alcohol motifs (C(OH)–C–C–N with tert-alkyl or cyclic N) is 1. The largest absolute Gasteiger partial charge is 0.494 e. The fourth-order valence-corrected chi connectivity index (χ4v) is 2.77. The van der Waals surface area contributed by atoms with Crippen LogP contribution in [0, 0.1) is 0 Å². The second-order valence-electron chi connectivity index (χ2n) is 6.31. The molecule has 1 aliphatic heterocycles. The van der Waals surface area contributed by atoms with Crippen molar-refractivity contribution in [3.63, 3.8) is 0 Å². The first-order valence-electron chi connectivity index (χ1n) is 8.85. The summed E-state index contributed by atoms with van der Waals surface area (Å²) in [6, 6.07) is 7.40. The quantitative estimate of drug-likeness (QED) is 0.510. The maximum Gasteiger partial charge on any atom is 0.121 e. The molecule has 1 heterocycles. The molecular weight excluding hydrogens is 362 g/mol. The molecule has 1 unspecified atom stereocenters. The number of benzene rings is 1. The molecule has 0 aromatic heterocycles. The van der Waals surface area contributed by atoms with E-state index in [1.165, 1.54) is 0 Å². The summed E-state index contributed by atoms with van der Waals surface area (Å²) >= 11 is 0. The highest BCUT2D eigenvalue weighted by Crippen LogP contribution is 2.19. The lowest BCUT2D eigenvalue weighted by Crippen LogP contribution is -2.49. The van der Waals surface area contributed by atoms with Crippen LogP contribution in [0.2, 0.25) is 0 Å². The minimum atomic E-state index is -1.32. The molecule has 150 valence electrons. The number of nitrogens with one attached hydrogen (secondary N) is 1. The van der Waals surface area contributed by atoms with E-state index in [0.717, 1.165) is 37.1 Å². The minimum absolute atomic E-state index is 0. The highest BCUT2D eigenvalue weighted by atomic mass is 35.5. The summed E-state index contributed by atoms with van der Waals surface area (Å²) in [5, 5.41) is 42.6. The Bertz CT molecular complexity index is 506. The molecule has 0 saturated carbocycles. The highest BCUT2D eigenvalue weighted by molar-refractivity contribution is 5.85. The lowest BCUT2D eigenvalue weighted by Gasteiger charge is -2.30. The lowest BCUT2D eigenvalue weighted by atomic mass is 10.0. The Morgan fingerprint density at radius 2 is 1.85 bits per heavy atom. The van der Waals surface area contributed by atoms with Crippen LogP contribution in [-0.2, 0) is 4.74 Å². The van der Waals surface area contributed by atoms with Crippen molar-refractivity contribution in [2.24, 2.45) is 0 Å². The van der Waals surface area contributed by atoms with Crippen LogP contribution < -0.4 is 10.1 Å². The van der Waals surface area contributed by atoms with Crippen molar-refractivity contribution in [3.8, 4) is 5.75 Å². The van der Waals surface area contributed by atoms with Crippen LogP contribution >= 0.6 is 12.4 Å². The zero-order valence-electron chi connectivity index (χ0n) is 14.8. The molecule has 4 atom stereocenters. The van der Waals surface area contributed by atoms with Gasteiger partial charge in [-0.05, 0) is 31.4 Å². The Kier molecular flexibility index (Phi) is 10.9. The SMILES string of the molecule is Cl.OC[C@@H](O)C1OCCCCCCOc2cccc(c2)NC[C@@H](O)[C@H]1O. The van der Waals surface area contributed by atoms with E-state index in [-0.39, 0.29) is 19.0 Å². The van der Waals surface area contributed by atoms with Gasteiger partial charge in [0.15, 0.2) is 0 Å². The molecule has 26 heavy (non-hydrogen) atoms. The van der Waals surface area contributed by atoms with E-state index in [1.54, 1.807) is 0 Å². The number of anilines is 1. The molecule has 1 aliphatic rings. The zero-order chi connectivity index (χ0) is 18.1. The Morgan fingerprint density at radius 1 is 1.12 bits per heavy atom. The molecule has 7 nitrogen and oxygen atoms in total. The highest BCUT2D eigenvalue weighted by Gasteiger charge is 2.32. The van der Waals surface area contributed by atoms with Crippen LogP contribution in [0.1, 0.15) is 25.7 Å². The molecule has 2 bridgehead atoms. The van der Waals surface area contributed by atoms with Gasteiger partial charge in [0.05, 0.1) is 19.3 Å². The molecular formula is C18H30ClNO6. The Balaban J connectivity index is 0.00000338. The average Bonchev–Trinajstić information content (AvgIpc) is 2.63. The van der Waals surface area contributed by atoms with E-state index < -0.39 is 31.0 Å². The van der Waals surface area contributed by atoms with E-state index in [1.807, 2.05) is 24.3 Å². The number of fused-ring (bicyclic) bond motifs is 2. The van der Waals surface area contributed by atoms with Crippen LogP contribution in [0.4, 0.5) is 5.69 Å². The van der Waals surface area contributed by atoms with Gasteiger partial charge in [0.1, 0.15) is 24.1 Å². The monoisotopic (exact) mass is 391 g/mol. The topological polar surface area (TPSA) is 111 Å². The van der Waals surface area contributed by atoms with Crippen molar-refractivity contribution >= 4 is 18.1 Å². The van der Waals surface area contributed by atoms with Crippen LogP contribution in [0.3, 0.4) is 0 Å². The molecule has 1 aromatic rings. The first-order valence-corrected chi connectivity index (χ1v) is 8.85. The van der Waals surface area contributed by atoms with Gasteiger partial charge >= 0.3 is 0 Å². The summed E-state index contributed by atoms with van der Waals surface area (Å²) in [5.41, 5.74) is 0.760. The van der Waals surface area contributed by atoms with Gasteiger partial charge < -0.3 is 35.2 Å². The van der Waals surface area contributed by atoms with E-state index >= 15 is 0 Å². The Hall–Kier alpha value is -1.09. The number of halogens is 1. The molecule has 0 radical (unpaired) electrons. The third-order valence-corrected chi connectivity index (χ3v) is 4.26. The average molecular weight is 392 g/mol. The molecule has 8 heteroatoms. The van der Waals surface area contributed by atoms with Gasteiger partial charge in [-0.3, -0.25) is 0 Å².